The van der Waals surface area contributed by atoms with Crippen LogP contribution in [0.25, 0.3) is 0 Å². The number of nitrogens with zero attached hydrogens (tertiary/aromatic N) is 2. The summed E-state index contributed by atoms with van der Waals surface area (Å²) in [6.07, 6.45) is -1.43. The Kier molecular flexibility index (Phi) is 6.33. The quantitative estimate of drug-likeness (QED) is 0.553. The Morgan fingerprint density at radius 1 is 1.03 bits per heavy atom. The molecule has 0 bridgehead atoms. The standard InChI is InChI=1S/C21H23ClN2O6/c22-14-5-3-11(21-20(28)19(27)18(26)17(10-25)30-21)8-12(14)9-13-4-6-15(24-23-13)16-2-1-7-29-16/h1,3-8,16-21,25-28H,2,9-10H2/t16?,17-,18-,19+,20-,21+/m1/s1. The first-order valence-corrected chi connectivity index (χ1v) is 10.1. The van der Waals surface area contributed by atoms with Crippen molar-refractivity contribution >= 4 is 11.6 Å². The van der Waals surface area contributed by atoms with Gasteiger partial charge in [0.25, 0.3) is 0 Å². The minimum absolute atomic E-state index is 0.107. The fourth-order valence-corrected chi connectivity index (χ4v) is 3.88. The third-order valence-electron chi connectivity index (χ3n) is 5.42. The summed E-state index contributed by atoms with van der Waals surface area (Å²) in [4.78, 5) is 0. The highest BCUT2D eigenvalue weighted by Gasteiger charge is 2.44. The van der Waals surface area contributed by atoms with Crippen LogP contribution in [0, 0.1) is 0 Å². The molecule has 0 spiro atoms. The van der Waals surface area contributed by atoms with Crippen LogP contribution in [-0.4, -0.2) is 61.6 Å². The maximum atomic E-state index is 10.4. The predicted molar refractivity (Wildman–Crippen MR) is 107 cm³/mol. The average molecular weight is 435 g/mol. The summed E-state index contributed by atoms with van der Waals surface area (Å²) in [6.45, 7) is -0.482. The number of rotatable bonds is 5. The topological polar surface area (TPSA) is 125 Å². The number of aliphatic hydroxyl groups is 4. The van der Waals surface area contributed by atoms with Gasteiger partial charge in [-0.2, -0.15) is 10.2 Å². The zero-order valence-corrected chi connectivity index (χ0v) is 16.8. The van der Waals surface area contributed by atoms with Crippen LogP contribution in [0.15, 0.2) is 42.7 Å². The molecule has 1 aromatic heterocycles. The molecule has 9 heteroatoms. The van der Waals surface area contributed by atoms with Gasteiger partial charge in [0.1, 0.15) is 42.3 Å². The molecule has 1 unspecified atom stereocenters. The smallest absolute Gasteiger partial charge is 0.145 e. The summed E-state index contributed by atoms with van der Waals surface area (Å²) in [5.41, 5.74) is 2.77. The van der Waals surface area contributed by atoms with Gasteiger partial charge >= 0.3 is 0 Å². The lowest BCUT2D eigenvalue weighted by Gasteiger charge is -2.40. The molecule has 0 saturated carbocycles. The fraction of sp³-hybridized carbons (Fsp3) is 0.429. The van der Waals surface area contributed by atoms with Gasteiger partial charge in [-0.15, -0.1) is 0 Å². The molecule has 2 aliphatic heterocycles. The van der Waals surface area contributed by atoms with E-state index in [9.17, 15) is 20.4 Å². The Morgan fingerprint density at radius 2 is 1.87 bits per heavy atom. The van der Waals surface area contributed by atoms with E-state index in [-0.39, 0.29) is 6.10 Å². The van der Waals surface area contributed by atoms with Crippen molar-refractivity contribution in [2.75, 3.05) is 6.61 Å². The number of benzene rings is 1. The SMILES string of the molecule is OC[C@H]1O[C@@H](c2ccc(Cl)c(Cc3ccc(C4CC=CO4)nn3)c2)[C@H](O)[C@@H](O)[C@@H]1O. The van der Waals surface area contributed by atoms with Crippen molar-refractivity contribution in [3.8, 4) is 0 Å². The van der Waals surface area contributed by atoms with E-state index in [4.69, 9.17) is 21.1 Å². The maximum absolute atomic E-state index is 10.4. The van der Waals surface area contributed by atoms with E-state index in [0.29, 0.717) is 22.7 Å². The van der Waals surface area contributed by atoms with Crippen LogP contribution in [0.3, 0.4) is 0 Å². The first-order valence-electron chi connectivity index (χ1n) is 9.69. The van der Waals surface area contributed by atoms with Crippen molar-refractivity contribution in [1.82, 2.24) is 10.2 Å². The van der Waals surface area contributed by atoms with Crippen LogP contribution < -0.4 is 0 Å². The molecule has 4 N–H and O–H groups in total. The first kappa shape index (κ1) is 21.2. The third kappa shape index (κ3) is 4.20. The molecule has 8 nitrogen and oxygen atoms in total. The third-order valence-corrected chi connectivity index (χ3v) is 5.79. The van der Waals surface area contributed by atoms with E-state index in [0.717, 1.165) is 17.7 Å². The van der Waals surface area contributed by atoms with Crippen molar-refractivity contribution < 1.29 is 29.9 Å². The lowest BCUT2D eigenvalue weighted by Crippen LogP contribution is -2.55. The van der Waals surface area contributed by atoms with Gasteiger partial charge in [-0.3, -0.25) is 0 Å². The molecule has 4 rings (SSSR count). The summed E-state index contributed by atoms with van der Waals surface area (Å²) in [7, 11) is 0. The Balaban J connectivity index is 1.53. The summed E-state index contributed by atoms with van der Waals surface area (Å²) >= 11 is 6.35. The lowest BCUT2D eigenvalue weighted by atomic mass is 9.90. The van der Waals surface area contributed by atoms with E-state index in [2.05, 4.69) is 10.2 Å². The number of aromatic nitrogens is 2. The number of hydrogen-bond acceptors (Lipinski definition) is 8. The van der Waals surface area contributed by atoms with Crippen LogP contribution in [-0.2, 0) is 15.9 Å². The van der Waals surface area contributed by atoms with Crippen LogP contribution in [0.4, 0.5) is 0 Å². The normalized spacial score (nSPS) is 31.0. The molecular weight excluding hydrogens is 412 g/mol. The zero-order valence-electron chi connectivity index (χ0n) is 16.0. The Morgan fingerprint density at radius 3 is 2.53 bits per heavy atom. The Bertz CT molecular complexity index is 899. The molecule has 1 saturated heterocycles. The van der Waals surface area contributed by atoms with Crippen LogP contribution in [0.1, 0.15) is 41.1 Å². The largest absolute Gasteiger partial charge is 0.492 e. The molecule has 1 aromatic carbocycles. The van der Waals surface area contributed by atoms with Gasteiger partial charge in [-0.1, -0.05) is 23.7 Å². The van der Waals surface area contributed by atoms with E-state index < -0.39 is 37.1 Å². The van der Waals surface area contributed by atoms with E-state index >= 15 is 0 Å². The number of halogens is 1. The fourth-order valence-electron chi connectivity index (χ4n) is 3.69. The highest BCUT2D eigenvalue weighted by molar-refractivity contribution is 6.31. The number of ether oxygens (including phenoxy) is 2. The molecule has 1 fully saturated rings. The zero-order chi connectivity index (χ0) is 21.3. The second kappa shape index (κ2) is 8.97. The van der Waals surface area contributed by atoms with Crippen LogP contribution in [0.5, 0.6) is 0 Å². The number of aliphatic hydroxyl groups excluding tert-OH is 4. The second-order valence-electron chi connectivity index (χ2n) is 7.46. The maximum Gasteiger partial charge on any atom is 0.145 e. The summed E-state index contributed by atoms with van der Waals surface area (Å²) in [6, 6.07) is 8.84. The van der Waals surface area contributed by atoms with Gasteiger partial charge < -0.3 is 29.9 Å². The number of hydrogen-bond donors (Lipinski definition) is 4. The van der Waals surface area contributed by atoms with Gasteiger partial charge in [0, 0.05) is 17.9 Å². The van der Waals surface area contributed by atoms with E-state index in [1.165, 1.54) is 0 Å². The first-order chi connectivity index (χ1) is 14.5. The lowest BCUT2D eigenvalue weighted by molar-refractivity contribution is -0.231. The molecule has 0 amide bonds. The van der Waals surface area contributed by atoms with E-state index in [1.54, 1.807) is 24.5 Å². The molecule has 2 aromatic rings. The Hall–Kier alpha value is -2.07. The van der Waals surface area contributed by atoms with Crippen molar-refractivity contribution in [3.63, 3.8) is 0 Å². The minimum atomic E-state index is -1.44. The molecular formula is C21H23ClN2O6. The van der Waals surface area contributed by atoms with Crippen molar-refractivity contribution in [3.05, 3.63) is 70.2 Å². The van der Waals surface area contributed by atoms with Crippen molar-refractivity contribution in [1.29, 1.82) is 0 Å². The van der Waals surface area contributed by atoms with Gasteiger partial charge in [0.05, 0.1) is 18.6 Å². The second-order valence-corrected chi connectivity index (χ2v) is 7.87. The highest BCUT2D eigenvalue weighted by atomic mass is 35.5. The molecule has 2 aliphatic rings. The highest BCUT2D eigenvalue weighted by Crippen LogP contribution is 2.34. The Labute approximate surface area is 178 Å². The molecule has 160 valence electrons. The summed E-state index contributed by atoms with van der Waals surface area (Å²) < 4.78 is 11.1. The van der Waals surface area contributed by atoms with E-state index in [1.807, 2.05) is 18.2 Å². The van der Waals surface area contributed by atoms with Gasteiger partial charge in [0.15, 0.2) is 0 Å². The molecule has 0 aliphatic carbocycles. The molecule has 3 heterocycles. The predicted octanol–water partition coefficient (Wildman–Crippen LogP) is 1.21. The van der Waals surface area contributed by atoms with Crippen LogP contribution >= 0.6 is 11.6 Å². The monoisotopic (exact) mass is 434 g/mol. The summed E-state index contributed by atoms with van der Waals surface area (Å²) in [5, 5.41) is 48.8. The van der Waals surface area contributed by atoms with Crippen LogP contribution in [0.2, 0.25) is 5.02 Å². The minimum Gasteiger partial charge on any atom is -0.492 e. The molecule has 30 heavy (non-hydrogen) atoms. The average Bonchev–Trinajstić information content (AvgIpc) is 3.30. The molecule has 6 atom stereocenters. The summed E-state index contributed by atoms with van der Waals surface area (Å²) in [5.74, 6) is 0. The molecule has 0 radical (unpaired) electrons. The van der Waals surface area contributed by atoms with Gasteiger partial charge in [0.2, 0.25) is 0 Å². The van der Waals surface area contributed by atoms with Crippen molar-refractivity contribution in [2.24, 2.45) is 0 Å². The van der Waals surface area contributed by atoms with Gasteiger partial charge in [-0.25, -0.2) is 0 Å². The van der Waals surface area contributed by atoms with Gasteiger partial charge in [-0.05, 0) is 35.4 Å². The van der Waals surface area contributed by atoms with Crippen molar-refractivity contribution in [2.45, 2.75) is 49.5 Å².